The first-order valence-electron chi connectivity index (χ1n) is 7.59. The average Bonchev–Trinajstić information content (AvgIpc) is 2.46. The predicted molar refractivity (Wildman–Crippen MR) is 82.5 cm³/mol. The van der Waals surface area contributed by atoms with Crippen LogP contribution in [0, 0.1) is 5.92 Å². The van der Waals surface area contributed by atoms with Crippen molar-refractivity contribution < 1.29 is 13.2 Å². The molecule has 0 aromatic heterocycles. The van der Waals surface area contributed by atoms with Crippen LogP contribution in [-0.2, 0) is 10.0 Å². The van der Waals surface area contributed by atoms with Gasteiger partial charge < -0.3 is 10.6 Å². The van der Waals surface area contributed by atoms with Crippen molar-refractivity contribution in [2.75, 3.05) is 25.9 Å². The number of amides is 2. The summed E-state index contributed by atoms with van der Waals surface area (Å²) in [6, 6.07) is -0.0726. The summed E-state index contributed by atoms with van der Waals surface area (Å²) in [5, 5.41) is 5.87. The molecule has 1 saturated heterocycles. The first kappa shape index (κ1) is 16.3. The first-order valence-corrected chi connectivity index (χ1v) is 9.44. The molecule has 2 N–H and O–H groups in total. The van der Waals surface area contributed by atoms with Gasteiger partial charge >= 0.3 is 6.03 Å². The molecule has 1 aliphatic heterocycles. The Morgan fingerprint density at radius 2 is 1.95 bits per heavy atom. The lowest BCUT2D eigenvalue weighted by atomic mass is 9.94. The van der Waals surface area contributed by atoms with Gasteiger partial charge in [-0.25, -0.2) is 17.5 Å². The Morgan fingerprint density at radius 3 is 2.52 bits per heavy atom. The minimum absolute atomic E-state index is 0.0641. The molecule has 120 valence electrons. The third-order valence-electron chi connectivity index (χ3n) is 4.19. The van der Waals surface area contributed by atoms with Crippen LogP contribution in [0.25, 0.3) is 0 Å². The molecule has 0 bridgehead atoms. The number of hydrogen-bond acceptors (Lipinski definition) is 3. The van der Waals surface area contributed by atoms with Crippen molar-refractivity contribution in [3.05, 3.63) is 12.2 Å². The quantitative estimate of drug-likeness (QED) is 0.762. The van der Waals surface area contributed by atoms with Crippen molar-refractivity contribution in [3.8, 4) is 0 Å². The van der Waals surface area contributed by atoms with Gasteiger partial charge in [0.15, 0.2) is 0 Å². The Balaban J connectivity index is 1.66. The van der Waals surface area contributed by atoms with E-state index in [-0.39, 0.29) is 12.1 Å². The average molecular weight is 315 g/mol. The smallest absolute Gasteiger partial charge is 0.315 e. The first-order chi connectivity index (χ1) is 9.95. The molecule has 0 saturated carbocycles. The molecular formula is C14H25N3O3S. The highest BCUT2D eigenvalue weighted by atomic mass is 32.2. The summed E-state index contributed by atoms with van der Waals surface area (Å²) >= 11 is 0. The Morgan fingerprint density at radius 1 is 1.24 bits per heavy atom. The van der Waals surface area contributed by atoms with E-state index in [0.717, 1.165) is 19.3 Å². The molecule has 2 aliphatic rings. The van der Waals surface area contributed by atoms with E-state index in [2.05, 4.69) is 22.8 Å². The van der Waals surface area contributed by atoms with Gasteiger partial charge in [0.2, 0.25) is 10.0 Å². The number of carbonyl (C=O) groups is 1. The lowest BCUT2D eigenvalue weighted by Crippen LogP contribution is -2.49. The molecule has 21 heavy (non-hydrogen) atoms. The molecule has 1 fully saturated rings. The number of hydrogen-bond donors (Lipinski definition) is 2. The lowest BCUT2D eigenvalue weighted by Gasteiger charge is -2.30. The maximum atomic E-state index is 11.9. The van der Waals surface area contributed by atoms with Gasteiger partial charge in [-0.2, -0.15) is 0 Å². The van der Waals surface area contributed by atoms with Gasteiger partial charge in [0.25, 0.3) is 0 Å². The molecule has 2 rings (SSSR count). The predicted octanol–water partition coefficient (Wildman–Crippen LogP) is 1.07. The highest BCUT2D eigenvalue weighted by molar-refractivity contribution is 7.88. The highest BCUT2D eigenvalue weighted by Crippen LogP contribution is 2.17. The van der Waals surface area contributed by atoms with Crippen molar-refractivity contribution in [2.24, 2.45) is 5.92 Å². The van der Waals surface area contributed by atoms with Crippen molar-refractivity contribution in [2.45, 2.75) is 38.1 Å². The van der Waals surface area contributed by atoms with Gasteiger partial charge in [-0.05, 0) is 38.0 Å². The van der Waals surface area contributed by atoms with E-state index in [1.165, 1.54) is 10.6 Å². The van der Waals surface area contributed by atoms with E-state index in [4.69, 9.17) is 0 Å². The number of sulfonamides is 1. The molecule has 1 unspecified atom stereocenters. The summed E-state index contributed by atoms with van der Waals surface area (Å²) in [5.41, 5.74) is 0. The fraction of sp³-hybridized carbons (Fsp3) is 0.786. The summed E-state index contributed by atoms with van der Waals surface area (Å²) in [6.07, 6.45) is 10.2. The zero-order chi connectivity index (χ0) is 15.3. The van der Waals surface area contributed by atoms with Crippen LogP contribution in [0.3, 0.4) is 0 Å². The maximum Gasteiger partial charge on any atom is 0.315 e. The molecule has 1 aliphatic carbocycles. The van der Waals surface area contributed by atoms with Gasteiger partial charge in [-0.1, -0.05) is 12.2 Å². The minimum atomic E-state index is -3.10. The summed E-state index contributed by atoms with van der Waals surface area (Å²) in [5.74, 6) is 0.535. The number of carbonyl (C=O) groups excluding carboxylic acids is 1. The molecule has 1 atom stereocenters. The van der Waals surface area contributed by atoms with Crippen LogP contribution < -0.4 is 10.6 Å². The SMILES string of the molecule is CS(=O)(=O)N1CCC(NC(=O)NCC2CC=CCC2)CC1. The number of nitrogens with one attached hydrogen (secondary N) is 2. The molecule has 0 radical (unpaired) electrons. The van der Waals surface area contributed by atoms with Gasteiger partial charge in [0, 0.05) is 25.7 Å². The minimum Gasteiger partial charge on any atom is -0.338 e. The van der Waals surface area contributed by atoms with Crippen LogP contribution in [0.2, 0.25) is 0 Å². The summed E-state index contributed by atoms with van der Waals surface area (Å²) in [6.45, 7) is 1.67. The van der Waals surface area contributed by atoms with Crippen LogP contribution in [0.5, 0.6) is 0 Å². The Bertz CT molecular complexity index is 482. The molecule has 1 heterocycles. The van der Waals surface area contributed by atoms with Crippen LogP contribution in [0.1, 0.15) is 32.1 Å². The zero-order valence-electron chi connectivity index (χ0n) is 12.5. The van der Waals surface area contributed by atoms with E-state index in [0.29, 0.717) is 38.4 Å². The molecule has 0 aromatic carbocycles. The van der Waals surface area contributed by atoms with Crippen LogP contribution in [0.15, 0.2) is 12.2 Å². The lowest BCUT2D eigenvalue weighted by molar-refractivity contribution is 0.225. The summed E-state index contributed by atoms with van der Waals surface area (Å²) in [7, 11) is -3.10. The Hall–Kier alpha value is -1.08. The second-order valence-corrected chi connectivity index (χ2v) is 7.92. The van der Waals surface area contributed by atoms with Gasteiger partial charge in [-0.3, -0.25) is 0 Å². The van der Waals surface area contributed by atoms with Crippen molar-refractivity contribution in [1.82, 2.24) is 14.9 Å². The molecule has 0 spiro atoms. The number of piperidine rings is 1. The normalized spacial score (nSPS) is 24.7. The summed E-state index contributed by atoms with van der Waals surface area (Å²) < 4.78 is 24.3. The number of allylic oxidation sites excluding steroid dienone is 2. The van der Waals surface area contributed by atoms with E-state index in [1.807, 2.05) is 0 Å². The second-order valence-electron chi connectivity index (χ2n) is 5.94. The van der Waals surface area contributed by atoms with Gasteiger partial charge in [0.05, 0.1) is 6.26 Å². The monoisotopic (exact) mass is 315 g/mol. The van der Waals surface area contributed by atoms with Crippen molar-refractivity contribution in [1.29, 1.82) is 0 Å². The van der Waals surface area contributed by atoms with Crippen molar-refractivity contribution in [3.63, 3.8) is 0 Å². The maximum absolute atomic E-state index is 11.9. The topological polar surface area (TPSA) is 78.5 Å². The van der Waals surface area contributed by atoms with Gasteiger partial charge in [0.1, 0.15) is 0 Å². The number of urea groups is 1. The third-order valence-corrected chi connectivity index (χ3v) is 5.49. The second kappa shape index (κ2) is 7.26. The number of rotatable bonds is 4. The van der Waals surface area contributed by atoms with E-state index in [1.54, 1.807) is 0 Å². The molecular weight excluding hydrogens is 290 g/mol. The zero-order valence-corrected chi connectivity index (χ0v) is 13.4. The standard InChI is InChI=1S/C14H25N3O3S/c1-21(19,20)17-9-7-13(8-10-17)16-14(18)15-11-12-5-3-2-4-6-12/h2-3,12-13H,4-11H2,1H3,(H2,15,16,18). The van der Waals surface area contributed by atoms with Crippen LogP contribution >= 0.6 is 0 Å². The molecule has 7 heteroatoms. The number of nitrogens with zero attached hydrogens (tertiary/aromatic N) is 1. The Kier molecular flexibility index (Phi) is 5.64. The van der Waals surface area contributed by atoms with E-state index < -0.39 is 10.0 Å². The van der Waals surface area contributed by atoms with E-state index in [9.17, 15) is 13.2 Å². The fourth-order valence-electron chi connectivity index (χ4n) is 2.85. The van der Waals surface area contributed by atoms with Crippen LogP contribution in [0.4, 0.5) is 4.79 Å². The third kappa shape index (κ3) is 5.32. The van der Waals surface area contributed by atoms with Crippen LogP contribution in [-0.4, -0.2) is 50.7 Å². The van der Waals surface area contributed by atoms with E-state index >= 15 is 0 Å². The van der Waals surface area contributed by atoms with Crippen molar-refractivity contribution >= 4 is 16.1 Å². The summed E-state index contributed by atoms with van der Waals surface area (Å²) in [4.78, 5) is 11.9. The highest BCUT2D eigenvalue weighted by Gasteiger charge is 2.25. The molecule has 0 aromatic rings. The van der Waals surface area contributed by atoms with Gasteiger partial charge in [-0.15, -0.1) is 0 Å². The molecule has 6 nitrogen and oxygen atoms in total. The Labute approximate surface area is 127 Å². The fourth-order valence-corrected chi connectivity index (χ4v) is 3.72. The molecule has 2 amide bonds. The largest absolute Gasteiger partial charge is 0.338 e.